The van der Waals surface area contributed by atoms with Crippen LogP contribution in [0.1, 0.15) is 26.7 Å². The molecule has 3 heterocycles. The molecule has 0 bridgehead atoms. The average Bonchev–Trinajstić information content (AvgIpc) is 2.94. The topological polar surface area (TPSA) is 131 Å². The lowest BCUT2D eigenvalue weighted by Crippen LogP contribution is -2.55. The number of ether oxygens (including phenoxy) is 2. The SMILES string of the molecule is COc1cc(N2CCC3(CC2)CNCCO3)ccc1Nc1ncnc(Nc2ccccc2S(=O)(=O)C(C)C)n1. The number of anilines is 5. The van der Waals surface area contributed by atoms with Gasteiger partial charge >= 0.3 is 0 Å². The first kappa shape index (κ1) is 27.1. The predicted molar refractivity (Wildman–Crippen MR) is 151 cm³/mol. The minimum Gasteiger partial charge on any atom is -0.494 e. The molecular formula is C27H35N7O4S. The number of para-hydroxylation sites is 1. The number of morpholine rings is 1. The molecule has 2 aromatic carbocycles. The van der Waals surface area contributed by atoms with Crippen molar-refractivity contribution in [3.63, 3.8) is 0 Å². The Morgan fingerprint density at radius 3 is 2.44 bits per heavy atom. The van der Waals surface area contributed by atoms with E-state index in [1.807, 2.05) is 12.1 Å². The number of rotatable bonds is 8. The van der Waals surface area contributed by atoms with Crippen molar-refractivity contribution in [1.29, 1.82) is 0 Å². The van der Waals surface area contributed by atoms with Crippen molar-refractivity contribution in [3.05, 3.63) is 48.8 Å². The van der Waals surface area contributed by atoms with Crippen LogP contribution in [-0.4, -0.2) is 74.1 Å². The second-order valence-electron chi connectivity index (χ2n) is 10.1. The number of nitrogens with zero attached hydrogens (tertiary/aromatic N) is 4. The van der Waals surface area contributed by atoms with Crippen LogP contribution in [0.15, 0.2) is 53.7 Å². The summed E-state index contributed by atoms with van der Waals surface area (Å²) >= 11 is 0. The number of nitrogens with one attached hydrogen (secondary N) is 3. The quantitative estimate of drug-likeness (QED) is 0.379. The number of methoxy groups -OCH3 is 1. The molecule has 0 atom stereocenters. The normalized spacial score (nSPS) is 17.3. The van der Waals surface area contributed by atoms with E-state index in [0.717, 1.165) is 51.3 Å². The van der Waals surface area contributed by atoms with Gasteiger partial charge in [-0.05, 0) is 51.0 Å². The predicted octanol–water partition coefficient (Wildman–Crippen LogP) is 3.51. The van der Waals surface area contributed by atoms with Gasteiger partial charge in [-0.2, -0.15) is 4.98 Å². The van der Waals surface area contributed by atoms with Crippen molar-refractivity contribution < 1.29 is 17.9 Å². The Bertz CT molecular complexity index is 1400. The van der Waals surface area contributed by atoms with Gasteiger partial charge < -0.3 is 30.3 Å². The summed E-state index contributed by atoms with van der Waals surface area (Å²) in [6.07, 6.45) is 3.32. The second kappa shape index (κ2) is 11.3. The standard InChI is InChI=1S/C27H35N7O4S/c1-19(2)39(35,36)24-7-5-4-6-22(24)32-26-30-18-29-25(33-26)31-21-9-8-20(16-23(21)37-3)34-13-10-27(11-14-34)17-28-12-15-38-27/h4-9,16,18-19,28H,10-15,17H2,1-3H3,(H2,29,30,31,32,33). The first-order valence-corrected chi connectivity index (χ1v) is 14.7. The van der Waals surface area contributed by atoms with Crippen molar-refractivity contribution in [2.24, 2.45) is 0 Å². The second-order valence-corrected chi connectivity index (χ2v) is 12.5. The molecule has 2 saturated heterocycles. The van der Waals surface area contributed by atoms with Crippen molar-refractivity contribution >= 4 is 38.8 Å². The molecule has 1 spiro atoms. The highest BCUT2D eigenvalue weighted by atomic mass is 32.2. The first-order chi connectivity index (χ1) is 18.8. The summed E-state index contributed by atoms with van der Waals surface area (Å²) in [6.45, 7) is 7.73. The van der Waals surface area contributed by atoms with E-state index in [1.165, 1.54) is 6.33 Å². The maximum Gasteiger partial charge on any atom is 0.232 e. The summed E-state index contributed by atoms with van der Waals surface area (Å²) in [6, 6.07) is 12.7. The Morgan fingerprint density at radius 2 is 1.77 bits per heavy atom. The van der Waals surface area contributed by atoms with E-state index >= 15 is 0 Å². The largest absolute Gasteiger partial charge is 0.494 e. The zero-order chi connectivity index (χ0) is 27.5. The van der Waals surface area contributed by atoms with E-state index in [1.54, 1.807) is 45.2 Å². The molecule has 3 N–H and O–H groups in total. The van der Waals surface area contributed by atoms with Crippen molar-refractivity contribution in [2.45, 2.75) is 42.4 Å². The number of hydrogen-bond acceptors (Lipinski definition) is 11. The molecule has 2 aliphatic heterocycles. The molecule has 1 aromatic heterocycles. The van der Waals surface area contributed by atoms with Gasteiger partial charge in [-0.25, -0.2) is 18.4 Å². The Kier molecular flexibility index (Phi) is 7.87. The Labute approximate surface area is 229 Å². The highest BCUT2D eigenvalue weighted by Gasteiger charge is 2.37. The third-order valence-electron chi connectivity index (χ3n) is 7.24. The fourth-order valence-electron chi connectivity index (χ4n) is 4.91. The van der Waals surface area contributed by atoms with Gasteiger partial charge in [-0.15, -0.1) is 0 Å². The Balaban J connectivity index is 1.30. The van der Waals surface area contributed by atoms with E-state index in [-0.39, 0.29) is 16.4 Å². The van der Waals surface area contributed by atoms with Gasteiger partial charge in [0, 0.05) is 37.9 Å². The zero-order valence-electron chi connectivity index (χ0n) is 22.5. The Morgan fingerprint density at radius 1 is 1.05 bits per heavy atom. The minimum absolute atomic E-state index is 0.0513. The van der Waals surface area contributed by atoms with Crippen LogP contribution in [-0.2, 0) is 14.6 Å². The maximum absolute atomic E-state index is 12.8. The third kappa shape index (κ3) is 5.92. The summed E-state index contributed by atoms with van der Waals surface area (Å²) in [4.78, 5) is 15.4. The molecule has 208 valence electrons. The molecule has 12 heteroatoms. The molecule has 0 saturated carbocycles. The smallest absolute Gasteiger partial charge is 0.232 e. The van der Waals surface area contributed by atoms with Gasteiger partial charge in [0.25, 0.3) is 0 Å². The summed E-state index contributed by atoms with van der Waals surface area (Å²) in [5.41, 5.74) is 2.14. The fourth-order valence-corrected chi connectivity index (χ4v) is 6.11. The fraction of sp³-hybridized carbons (Fsp3) is 0.444. The van der Waals surface area contributed by atoms with E-state index in [4.69, 9.17) is 9.47 Å². The van der Waals surface area contributed by atoms with Gasteiger partial charge in [0.05, 0.1) is 40.8 Å². The van der Waals surface area contributed by atoms with Crippen LogP contribution in [0.3, 0.4) is 0 Å². The summed E-state index contributed by atoms with van der Waals surface area (Å²) in [5.74, 6) is 1.17. The lowest BCUT2D eigenvalue weighted by molar-refractivity contribution is -0.0799. The van der Waals surface area contributed by atoms with E-state index in [2.05, 4.69) is 41.9 Å². The monoisotopic (exact) mass is 553 g/mol. The maximum atomic E-state index is 12.8. The first-order valence-electron chi connectivity index (χ1n) is 13.1. The Hall–Kier alpha value is -3.48. The molecule has 2 fully saturated rings. The van der Waals surface area contributed by atoms with Gasteiger partial charge in [-0.3, -0.25) is 0 Å². The summed E-state index contributed by atoms with van der Waals surface area (Å²) < 4.78 is 37.4. The third-order valence-corrected chi connectivity index (χ3v) is 9.45. The van der Waals surface area contributed by atoms with Crippen LogP contribution in [0.2, 0.25) is 0 Å². The van der Waals surface area contributed by atoms with Crippen molar-refractivity contribution in [2.75, 3.05) is 55.4 Å². The molecule has 3 aromatic rings. The van der Waals surface area contributed by atoms with Crippen LogP contribution < -0.4 is 25.6 Å². The molecule has 2 aliphatic rings. The molecule has 11 nitrogen and oxygen atoms in total. The highest BCUT2D eigenvalue weighted by molar-refractivity contribution is 7.92. The minimum atomic E-state index is -3.50. The molecule has 5 rings (SSSR count). The van der Waals surface area contributed by atoms with Gasteiger partial charge in [0.2, 0.25) is 11.9 Å². The molecule has 0 aliphatic carbocycles. The van der Waals surface area contributed by atoms with Gasteiger partial charge in [0.1, 0.15) is 12.1 Å². The van der Waals surface area contributed by atoms with Crippen LogP contribution >= 0.6 is 0 Å². The summed E-state index contributed by atoms with van der Waals surface area (Å²) in [7, 11) is -1.87. The molecule has 0 unspecified atom stereocenters. The number of hydrogen-bond donors (Lipinski definition) is 3. The van der Waals surface area contributed by atoms with Crippen molar-refractivity contribution in [3.8, 4) is 5.75 Å². The lowest BCUT2D eigenvalue weighted by Gasteiger charge is -2.44. The van der Waals surface area contributed by atoms with Gasteiger partial charge in [0.15, 0.2) is 9.84 Å². The summed E-state index contributed by atoms with van der Waals surface area (Å²) in [5, 5.41) is 9.13. The zero-order valence-corrected chi connectivity index (χ0v) is 23.3. The molecule has 0 amide bonds. The van der Waals surface area contributed by atoms with E-state index in [9.17, 15) is 8.42 Å². The van der Waals surface area contributed by atoms with Crippen LogP contribution in [0.5, 0.6) is 5.75 Å². The highest BCUT2D eigenvalue weighted by Crippen LogP contribution is 2.35. The van der Waals surface area contributed by atoms with E-state index < -0.39 is 15.1 Å². The van der Waals surface area contributed by atoms with Crippen LogP contribution in [0, 0.1) is 0 Å². The molecule has 0 radical (unpaired) electrons. The number of piperidine rings is 1. The van der Waals surface area contributed by atoms with Crippen molar-refractivity contribution in [1.82, 2.24) is 20.3 Å². The number of sulfone groups is 1. The molecular weight excluding hydrogens is 518 g/mol. The van der Waals surface area contributed by atoms with Crippen LogP contribution in [0.4, 0.5) is 29.0 Å². The molecule has 39 heavy (non-hydrogen) atoms. The van der Waals surface area contributed by atoms with Gasteiger partial charge in [-0.1, -0.05) is 12.1 Å². The average molecular weight is 554 g/mol. The lowest BCUT2D eigenvalue weighted by atomic mass is 9.90. The van der Waals surface area contributed by atoms with E-state index in [0.29, 0.717) is 23.1 Å². The number of benzene rings is 2. The number of aromatic nitrogens is 3. The van der Waals surface area contributed by atoms with Crippen LogP contribution in [0.25, 0.3) is 0 Å².